The highest BCUT2D eigenvalue weighted by atomic mass is 16.5. The van der Waals surface area contributed by atoms with Gasteiger partial charge in [-0.3, -0.25) is 9.59 Å². The van der Waals surface area contributed by atoms with Crippen molar-refractivity contribution in [3.05, 3.63) is 41.0 Å². The molecule has 0 saturated carbocycles. The number of amides is 2. The van der Waals surface area contributed by atoms with Crippen LogP contribution >= 0.6 is 0 Å². The molecule has 2 aliphatic rings. The van der Waals surface area contributed by atoms with E-state index in [0.29, 0.717) is 43.5 Å². The van der Waals surface area contributed by atoms with Gasteiger partial charge in [-0.2, -0.15) is 4.98 Å². The van der Waals surface area contributed by atoms with Gasteiger partial charge >= 0.3 is 0 Å². The molecule has 2 fully saturated rings. The maximum Gasteiger partial charge on any atom is 0.254 e. The molecule has 4 rings (SSSR count). The van der Waals surface area contributed by atoms with Crippen molar-refractivity contribution in [3.63, 3.8) is 0 Å². The van der Waals surface area contributed by atoms with E-state index < -0.39 is 0 Å². The minimum absolute atomic E-state index is 0.0251. The maximum atomic E-state index is 13.1. The highest BCUT2D eigenvalue weighted by Gasteiger charge is 2.58. The third-order valence-corrected chi connectivity index (χ3v) is 6.07. The number of ether oxygens (including phenoxy) is 2. The molecule has 0 radical (unpaired) electrons. The topological polar surface area (TPSA) is 98.0 Å². The van der Waals surface area contributed by atoms with Crippen molar-refractivity contribution in [2.24, 2.45) is 5.41 Å². The summed E-state index contributed by atoms with van der Waals surface area (Å²) in [7, 11) is 3.11. The molecule has 3 heterocycles. The zero-order chi connectivity index (χ0) is 21.5. The zero-order valence-electron chi connectivity index (χ0n) is 17.7. The number of likely N-dealkylation sites (tertiary alicyclic amines) is 2. The van der Waals surface area contributed by atoms with Gasteiger partial charge in [0.15, 0.2) is 5.82 Å². The van der Waals surface area contributed by atoms with Gasteiger partial charge in [-0.15, -0.1) is 0 Å². The van der Waals surface area contributed by atoms with Crippen LogP contribution in [-0.4, -0.2) is 78.8 Å². The van der Waals surface area contributed by atoms with Crippen LogP contribution in [-0.2, 0) is 9.53 Å². The van der Waals surface area contributed by atoms with Crippen molar-refractivity contribution in [1.82, 2.24) is 19.9 Å². The first kappa shape index (κ1) is 20.3. The Labute approximate surface area is 174 Å². The summed E-state index contributed by atoms with van der Waals surface area (Å²) in [5.41, 5.74) is 1.23. The standard InChI is InChI=1S/C21H26N4O5/c1-13-7-15(29-4)5-6-16(13)20(27)25-11-21(12-25)10-24(18(26)9-28-3)8-17(21)19-22-14(2)23-30-19/h5-7,17H,8-12H2,1-4H3. The molecule has 30 heavy (non-hydrogen) atoms. The van der Waals surface area contributed by atoms with Gasteiger partial charge in [-0.05, 0) is 37.6 Å². The molecule has 1 aromatic heterocycles. The average molecular weight is 414 g/mol. The molecular weight excluding hydrogens is 388 g/mol. The van der Waals surface area contributed by atoms with Crippen molar-refractivity contribution < 1.29 is 23.6 Å². The van der Waals surface area contributed by atoms with Crippen molar-refractivity contribution >= 4 is 11.8 Å². The summed E-state index contributed by atoms with van der Waals surface area (Å²) in [4.78, 5) is 33.5. The lowest BCUT2D eigenvalue weighted by atomic mass is 9.71. The summed E-state index contributed by atoms with van der Waals surface area (Å²) < 4.78 is 15.7. The Morgan fingerprint density at radius 2 is 1.93 bits per heavy atom. The lowest BCUT2D eigenvalue weighted by Crippen LogP contribution is -2.61. The molecule has 9 nitrogen and oxygen atoms in total. The monoisotopic (exact) mass is 414 g/mol. The summed E-state index contributed by atoms with van der Waals surface area (Å²) in [5.74, 6) is 1.59. The number of rotatable bonds is 5. The molecule has 0 bridgehead atoms. The van der Waals surface area contributed by atoms with E-state index in [-0.39, 0.29) is 29.8 Å². The van der Waals surface area contributed by atoms with Crippen molar-refractivity contribution in [1.29, 1.82) is 0 Å². The van der Waals surface area contributed by atoms with Crippen LogP contribution in [0.2, 0.25) is 0 Å². The van der Waals surface area contributed by atoms with Crippen LogP contribution < -0.4 is 4.74 Å². The Hall–Kier alpha value is -2.94. The van der Waals surface area contributed by atoms with Crippen LogP contribution in [0, 0.1) is 19.3 Å². The minimum Gasteiger partial charge on any atom is -0.497 e. The van der Waals surface area contributed by atoms with Crippen LogP contribution in [0.4, 0.5) is 0 Å². The predicted octanol–water partition coefficient (Wildman–Crippen LogP) is 1.41. The highest BCUT2D eigenvalue weighted by molar-refractivity contribution is 5.96. The van der Waals surface area contributed by atoms with Crippen molar-refractivity contribution in [2.75, 3.05) is 47.0 Å². The SMILES string of the molecule is COCC(=O)N1CC(c2nc(C)no2)C2(C1)CN(C(=O)c1ccc(OC)cc1C)C2. The number of aromatic nitrogens is 2. The number of methoxy groups -OCH3 is 2. The Bertz CT molecular complexity index is 966. The number of hydrogen-bond acceptors (Lipinski definition) is 7. The second kappa shape index (κ2) is 7.71. The van der Waals surface area contributed by atoms with E-state index in [4.69, 9.17) is 14.0 Å². The van der Waals surface area contributed by atoms with Gasteiger partial charge in [-0.25, -0.2) is 0 Å². The number of hydrogen-bond donors (Lipinski definition) is 0. The maximum absolute atomic E-state index is 13.1. The van der Waals surface area contributed by atoms with Crippen LogP contribution in [0.5, 0.6) is 5.75 Å². The van der Waals surface area contributed by atoms with E-state index in [1.807, 2.05) is 17.9 Å². The van der Waals surface area contributed by atoms with E-state index in [2.05, 4.69) is 10.1 Å². The van der Waals surface area contributed by atoms with E-state index in [1.54, 1.807) is 31.1 Å². The van der Waals surface area contributed by atoms with E-state index in [0.717, 1.165) is 11.3 Å². The van der Waals surface area contributed by atoms with Gasteiger partial charge < -0.3 is 23.8 Å². The molecule has 1 aromatic carbocycles. The molecule has 0 N–H and O–H groups in total. The average Bonchev–Trinajstić information content (AvgIpc) is 3.30. The first-order valence-electron chi connectivity index (χ1n) is 9.88. The van der Waals surface area contributed by atoms with Gasteiger partial charge in [0, 0.05) is 44.3 Å². The normalized spacial score (nSPS) is 19.8. The van der Waals surface area contributed by atoms with Gasteiger partial charge in [0.25, 0.3) is 5.91 Å². The molecule has 160 valence electrons. The molecule has 1 atom stereocenters. The van der Waals surface area contributed by atoms with Crippen LogP contribution in [0.15, 0.2) is 22.7 Å². The fourth-order valence-corrected chi connectivity index (χ4v) is 4.52. The zero-order valence-corrected chi connectivity index (χ0v) is 17.7. The first-order chi connectivity index (χ1) is 14.4. The van der Waals surface area contributed by atoms with Crippen LogP contribution in [0.3, 0.4) is 0 Å². The largest absolute Gasteiger partial charge is 0.497 e. The molecule has 2 aromatic rings. The third-order valence-electron chi connectivity index (χ3n) is 6.07. The number of aryl methyl sites for hydroxylation is 2. The van der Waals surface area contributed by atoms with Crippen molar-refractivity contribution in [2.45, 2.75) is 19.8 Å². The third kappa shape index (κ3) is 3.43. The first-order valence-corrected chi connectivity index (χ1v) is 9.88. The smallest absolute Gasteiger partial charge is 0.254 e. The number of carbonyl (C=O) groups is 2. The fraction of sp³-hybridized carbons (Fsp3) is 0.524. The lowest BCUT2D eigenvalue weighted by molar-refractivity contribution is -0.134. The number of carbonyl (C=O) groups excluding carboxylic acids is 2. The molecule has 1 spiro atoms. The van der Waals surface area contributed by atoms with Gasteiger partial charge in [-0.1, -0.05) is 5.16 Å². The molecule has 2 aliphatic heterocycles. The molecule has 2 saturated heterocycles. The summed E-state index contributed by atoms with van der Waals surface area (Å²) in [6, 6.07) is 5.44. The Kier molecular flexibility index (Phi) is 5.23. The molecule has 0 aliphatic carbocycles. The molecular formula is C21H26N4O5. The predicted molar refractivity (Wildman–Crippen MR) is 106 cm³/mol. The van der Waals surface area contributed by atoms with Crippen LogP contribution in [0.25, 0.3) is 0 Å². The minimum atomic E-state index is -0.293. The van der Waals surface area contributed by atoms with E-state index in [9.17, 15) is 9.59 Å². The molecule has 2 amide bonds. The van der Waals surface area contributed by atoms with Crippen LogP contribution in [0.1, 0.15) is 33.6 Å². The summed E-state index contributed by atoms with van der Waals surface area (Å²) in [6.45, 7) is 5.77. The Morgan fingerprint density at radius 3 is 2.53 bits per heavy atom. The Balaban J connectivity index is 1.54. The summed E-state index contributed by atoms with van der Waals surface area (Å²) in [6.07, 6.45) is 0. The lowest BCUT2D eigenvalue weighted by Gasteiger charge is -2.50. The number of benzene rings is 1. The summed E-state index contributed by atoms with van der Waals surface area (Å²) in [5, 5.41) is 3.91. The molecule has 1 unspecified atom stereocenters. The van der Waals surface area contributed by atoms with Gasteiger partial charge in [0.05, 0.1) is 13.0 Å². The highest BCUT2D eigenvalue weighted by Crippen LogP contribution is 2.49. The quantitative estimate of drug-likeness (QED) is 0.730. The van der Waals surface area contributed by atoms with Crippen molar-refractivity contribution in [3.8, 4) is 5.75 Å². The van der Waals surface area contributed by atoms with Gasteiger partial charge in [0.2, 0.25) is 11.8 Å². The molecule has 9 heteroatoms. The number of nitrogens with zero attached hydrogens (tertiary/aromatic N) is 4. The fourth-order valence-electron chi connectivity index (χ4n) is 4.52. The summed E-state index contributed by atoms with van der Waals surface area (Å²) >= 11 is 0. The van der Waals surface area contributed by atoms with E-state index >= 15 is 0 Å². The Morgan fingerprint density at radius 1 is 1.20 bits per heavy atom. The van der Waals surface area contributed by atoms with Gasteiger partial charge in [0.1, 0.15) is 12.4 Å². The second-order valence-electron chi connectivity index (χ2n) is 8.14. The second-order valence-corrected chi connectivity index (χ2v) is 8.14. The van der Waals surface area contributed by atoms with E-state index in [1.165, 1.54) is 7.11 Å².